The van der Waals surface area contributed by atoms with Crippen molar-refractivity contribution in [2.24, 2.45) is 0 Å². The molecule has 45 heavy (non-hydrogen) atoms. The summed E-state index contributed by atoms with van der Waals surface area (Å²) < 4.78 is 17.9. The predicted octanol–water partition coefficient (Wildman–Crippen LogP) is 3.37. The SMILES string of the molecule is COc1ccc(CCNC(=O)CC2CN(C(=O)Cc3ccc4c(c3)OCO4)CCN2c2cc(C)nc(-n3ccnc3)n2)cc1Cl. The Morgan fingerprint density at radius 2 is 1.91 bits per heavy atom. The van der Waals surface area contributed by atoms with Gasteiger partial charge in [0.25, 0.3) is 0 Å². The normalized spacial score (nSPS) is 15.7. The van der Waals surface area contributed by atoms with Gasteiger partial charge in [-0.25, -0.2) is 9.97 Å². The summed E-state index contributed by atoms with van der Waals surface area (Å²) in [4.78, 5) is 44.2. The lowest BCUT2D eigenvalue weighted by Gasteiger charge is -2.42. The minimum atomic E-state index is -0.306. The van der Waals surface area contributed by atoms with E-state index < -0.39 is 0 Å². The third kappa shape index (κ3) is 7.12. The molecule has 1 N–H and O–H groups in total. The summed E-state index contributed by atoms with van der Waals surface area (Å²) in [6, 6.07) is 12.7. The lowest BCUT2D eigenvalue weighted by molar-refractivity contribution is -0.132. The fourth-order valence-corrected chi connectivity index (χ4v) is 5.85. The number of ether oxygens (including phenoxy) is 3. The second-order valence-electron chi connectivity index (χ2n) is 11.0. The van der Waals surface area contributed by atoms with E-state index in [1.807, 2.05) is 54.3 Å². The molecule has 0 bridgehead atoms. The first-order valence-corrected chi connectivity index (χ1v) is 15.1. The monoisotopic (exact) mass is 631 g/mol. The number of halogens is 1. The molecule has 2 aromatic heterocycles. The van der Waals surface area contributed by atoms with Crippen LogP contribution in [0.25, 0.3) is 5.95 Å². The highest BCUT2D eigenvalue weighted by atomic mass is 35.5. The van der Waals surface area contributed by atoms with Crippen molar-refractivity contribution in [1.29, 1.82) is 0 Å². The van der Waals surface area contributed by atoms with Gasteiger partial charge in [0.05, 0.1) is 24.6 Å². The van der Waals surface area contributed by atoms with Gasteiger partial charge in [-0.05, 0) is 48.7 Å². The average molecular weight is 632 g/mol. The van der Waals surface area contributed by atoms with E-state index in [2.05, 4.69) is 20.2 Å². The van der Waals surface area contributed by atoms with Crippen molar-refractivity contribution in [3.8, 4) is 23.2 Å². The lowest BCUT2D eigenvalue weighted by atomic mass is 10.1. The van der Waals surface area contributed by atoms with Crippen LogP contribution in [0.2, 0.25) is 5.02 Å². The number of hydrogen-bond acceptors (Lipinski definition) is 9. The molecular weight excluding hydrogens is 598 g/mol. The van der Waals surface area contributed by atoms with Gasteiger partial charge in [-0.2, -0.15) is 4.98 Å². The summed E-state index contributed by atoms with van der Waals surface area (Å²) in [5.74, 6) is 2.98. The number of benzene rings is 2. The minimum Gasteiger partial charge on any atom is -0.495 e. The van der Waals surface area contributed by atoms with Gasteiger partial charge in [-0.15, -0.1) is 0 Å². The minimum absolute atomic E-state index is 0.0201. The number of hydrogen-bond donors (Lipinski definition) is 1. The molecule has 0 aliphatic carbocycles. The number of methoxy groups -OCH3 is 1. The zero-order valence-corrected chi connectivity index (χ0v) is 25.9. The summed E-state index contributed by atoms with van der Waals surface area (Å²) in [5, 5.41) is 3.56. The molecule has 1 saturated heterocycles. The Hall–Kier alpha value is -4.84. The zero-order chi connectivity index (χ0) is 31.3. The van der Waals surface area contributed by atoms with Gasteiger partial charge < -0.3 is 29.3 Å². The summed E-state index contributed by atoms with van der Waals surface area (Å²) in [7, 11) is 1.57. The highest BCUT2D eigenvalue weighted by molar-refractivity contribution is 6.32. The number of imidazole rings is 1. The summed E-state index contributed by atoms with van der Waals surface area (Å²) in [6.07, 6.45) is 6.11. The van der Waals surface area contributed by atoms with Gasteiger partial charge in [-0.3, -0.25) is 14.2 Å². The number of piperazine rings is 1. The number of anilines is 1. The van der Waals surface area contributed by atoms with Crippen molar-refractivity contribution in [3.63, 3.8) is 0 Å². The van der Waals surface area contributed by atoms with E-state index in [0.717, 1.165) is 16.8 Å². The van der Waals surface area contributed by atoms with Gasteiger partial charge >= 0.3 is 0 Å². The molecule has 0 radical (unpaired) electrons. The molecular formula is C32H34ClN7O5. The van der Waals surface area contributed by atoms with Crippen LogP contribution in [0.15, 0.2) is 61.2 Å². The second kappa shape index (κ2) is 13.4. The first-order chi connectivity index (χ1) is 21.9. The van der Waals surface area contributed by atoms with Gasteiger partial charge in [0.1, 0.15) is 17.9 Å². The number of nitrogens with one attached hydrogen (secondary N) is 1. The van der Waals surface area contributed by atoms with Crippen LogP contribution in [0.5, 0.6) is 17.2 Å². The van der Waals surface area contributed by atoms with E-state index in [-0.39, 0.29) is 37.5 Å². The molecule has 6 rings (SSSR count). The predicted molar refractivity (Wildman–Crippen MR) is 167 cm³/mol. The molecule has 2 aliphatic rings. The molecule has 0 spiro atoms. The van der Waals surface area contributed by atoms with Crippen molar-refractivity contribution >= 4 is 29.2 Å². The topological polar surface area (TPSA) is 124 Å². The lowest BCUT2D eigenvalue weighted by Crippen LogP contribution is -2.56. The van der Waals surface area contributed by atoms with Crippen LogP contribution < -0.4 is 24.4 Å². The van der Waals surface area contributed by atoms with E-state index in [0.29, 0.717) is 66.6 Å². The van der Waals surface area contributed by atoms with Crippen LogP contribution in [0, 0.1) is 6.92 Å². The molecule has 1 atom stereocenters. The maximum atomic E-state index is 13.5. The number of nitrogens with zero attached hydrogens (tertiary/aromatic N) is 6. The molecule has 2 aliphatic heterocycles. The zero-order valence-electron chi connectivity index (χ0n) is 25.1. The van der Waals surface area contributed by atoms with Crippen molar-refractivity contribution in [2.45, 2.75) is 32.2 Å². The Labute approximate surface area is 265 Å². The molecule has 1 unspecified atom stereocenters. The standard InChI is InChI=1S/C32H34ClN7O5/c1-21-13-29(37-32(36-21)39-10-9-34-19-39)40-12-11-38(31(42)16-23-4-6-27-28(15-23)45-20-44-27)18-24(40)17-30(41)35-8-7-22-3-5-26(43-2)25(33)14-22/h3-6,9-10,13-15,19,24H,7-8,11-12,16-18,20H2,1-2H3,(H,35,41). The number of rotatable bonds is 10. The van der Waals surface area contributed by atoms with Crippen LogP contribution in [0.3, 0.4) is 0 Å². The summed E-state index contributed by atoms with van der Waals surface area (Å²) in [5.41, 5.74) is 2.62. The molecule has 1 fully saturated rings. The van der Waals surface area contributed by atoms with Crippen molar-refractivity contribution in [1.82, 2.24) is 29.7 Å². The van der Waals surface area contributed by atoms with Gasteiger partial charge in [-0.1, -0.05) is 23.7 Å². The average Bonchev–Trinajstić information content (AvgIpc) is 3.74. The van der Waals surface area contributed by atoms with Crippen molar-refractivity contribution in [2.75, 3.05) is 45.0 Å². The number of carbonyl (C=O) groups excluding carboxylic acids is 2. The Kier molecular flexibility index (Phi) is 9.01. The molecule has 0 saturated carbocycles. The number of amides is 2. The maximum Gasteiger partial charge on any atom is 0.237 e. The first kappa shape index (κ1) is 30.2. The Morgan fingerprint density at radius 1 is 1.07 bits per heavy atom. The molecule has 4 heterocycles. The van der Waals surface area contributed by atoms with Gasteiger partial charge in [0.15, 0.2) is 11.5 Å². The van der Waals surface area contributed by atoms with Crippen LogP contribution in [0.4, 0.5) is 5.82 Å². The largest absolute Gasteiger partial charge is 0.495 e. The van der Waals surface area contributed by atoms with Crippen LogP contribution in [-0.2, 0) is 22.4 Å². The van der Waals surface area contributed by atoms with Crippen LogP contribution in [-0.4, -0.2) is 82.4 Å². The smallest absolute Gasteiger partial charge is 0.237 e. The van der Waals surface area contributed by atoms with Gasteiger partial charge in [0, 0.05) is 56.8 Å². The number of fused-ring (bicyclic) bond motifs is 1. The Morgan fingerprint density at radius 3 is 2.71 bits per heavy atom. The molecule has 234 valence electrons. The summed E-state index contributed by atoms with van der Waals surface area (Å²) in [6.45, 7) is 3.89. The van der Waals surface area contributed by atoms with Gasteiger partial charge in [0.2, 0.25) is 24.6 Å². The molecule has 2 amide bonds. The highest BCUT2D eigenvalue weighted by Gasteiger charge is 2.32. The molecule has 4 aromatic rings. The Balaban J connectivity index is 1.16. The number of aromatic nitrogens is 4. The van der Waals surface area contributed by atoms with E-state index in [4.69, 9.17) is 30.8 Å². The quantitative estimate of drug-likeness (QED) is 0.281. The third-order valence-electron chi connectivity index (χ3n) is 7.86. The van der Waals surface area contributed by atoms with Crippen molar-refractivity contribution < 1.29 is 23.8 Å². The van der Waals surface area contributed by atoms with Crippen LogP contribution in [0.1, 0.15) is 23.2 Å². The molecule has 2 aromatic carbocycles. The number of aryl methyl sites for hydroxylation is 1. The van der Waals surface area contributed by atoms with Crippen molar-refractivity contribution in [3.05, 3.63) is 83.0 Å². The van der Waals surface area contributed by atoms with Crippen LogP contribution >= 0.6 is 11.6 Å². The van der Waals surface area contributed by atoms with E-state index >= 15 is 0 Å². The molecule has 13 heteroatoms. The fraction of sp³-hybridized carbons (Fsp3) is 0.344. The van der Waals surface area contributed by atoms with E-state index in [9.17, 15) is 9.59 Å². The summed E-state index contributed by atoms with van der Waals surface area (Å²) >= 11 is 6.27. The maximum absolute atomic E-state index is 13.5. The highest BCUT2D eigenvalue weighted by Crippen LogP contribution is 2.33. The fourth-order valence-electron chi connectivity index (χ4n) is 5.57. The Bertz CT molecular complexity index is 1680. The van der Waals surface area contributed by atoms with E-state index in [1.54, 1.807) is 30.4 Å². The first-order valence-electron chi connectivity index (χ1n) is 14.7. The molecule has 12 nitrogen and oxygen atoms in total. The second-order valence-corrected chi connectivity index (χ2v) is 11.4. The number of carbonyl (C=O) groups is 2. The van der Waals surface area contributed by atoms with E-state index in [1.165, 1.54) is 0 Å². The third-order valence-corrected chi connectivity index (χ3v) is 8.15.